The van der Waals surface area contributed by atoms with Crippen LogP contribution in [-0.4, -0.2) is 15.6 Å². The van der Waals surface area contributed by atoms with E-state index in [1.807, 2.05) is 38.4 Å². The van der Waals surface area contributed by atoms with Crippen LogP contribution in [0.1, 0.15) is 27.9 Å². The van der Waals surface area contributed by atoms with E-state index in [0.29, 0.717) is 6.42 Å². The van der Waals surface area contributed by atoms with Gasteiger partial charge < -0.3 is 0 Å². The fourth-order valence-corrected chi connectivity index (χ4v) is 2.15. The highest BCUT2D eigenvalue weighted by molar-refractivity contribution is 9.10. The van der Waals surface area contributed by atoms with E-state index in [9.17, 15) is 4.79 Å². The molecule has 0 saturated heterocycles. The summed E-state index contributed by atoms with van der Waals surface area (Å²) in [7, 11) is 1.88. The van der Waals surface area contributed by atoms with Crippen molar-refractivity contribution < 1.29 is 4.79 Å². The maximum absolute atomic E-state index is 12.0. The molecule has 0 bridgehead atoms. The fraction of sp³-hybridized carbons (Fsp3) is 0.286. The molecule has 0 atom stereocenters. The normalized spacial score (nSPS) is 10.6. The Labute approximate surface area is 115 Å². The van der Waals surface area contributed by atoms with Crippen LogP contribution in [0, 0.1) is 6.92 Å². The number of hydrogen-bond acceptors (Lipinski definition) is 2. The number of Topliss-reactive ketones (excluding diaryl/α,β-unsaturated/α-hetero) is 1. The van der Waals surface area contributed by atoms with Crippen molar-refractivity contribution in [2.45, 2.75) is 19.8 Å². The molecule has 1 heterocycles. The number of carbonyl (C=O) groups excluding carboxylic acids is 1. The van der Waals surface area contributed by atoms with E-state index in [2.05, 4.69) is 21.0 Å². The third kappa shape index (κ3) is 3.07. The lowest BCUT2D eigenvalue weighted by atomic mass is 10.0. The summed E-state index contributed by atoms with van der Waals surface area (Å²) in [4.78, 5) is 12.0. The van der Waals surface area contributed by atoms with E-state index in [1.165, 1.54) is 0 Å². The lowest BCUT2D eigenvalue weighted by Gasteiger charge is -2.03. The maximum atomic E-state index is 12.0. The summed E-state index contributed by atoms with van der Waals surface area (Å²) in [5.41, 5.74) is 2.99. The predicted octanol–water partition coefficient (Wildman–Crippen LogP) is 3.31. The van der Waals surface area contributed by atoms with Crippen molar-refractivity contribution in [3.05, 3.63) is 51.8 Å². The van der Waals surface area contributed by atoms with Crippen LogP contribution in [0.3, 0.4) is 0 Å². The molecule has 4 heteroatoms. The van der Waals surface area contributed by atoms with Gasteiger partial charge in [-0.25, -0.2) is 0 Å². The first-order valence-corrected chi connectivity index (χ1v) is 6.62. The molecular formula is C14H15BrN2O. The molecule has 0 N–H and O–H groups in total. The van der Waals surface area contributed by atoms with Crippen LogP contribution in [0.2, 0.25) is 0 Å². The third-order valence-electron chi connectivity index (χ3n) is 2.89. The molecule has 0 aliphatic carbocycles. The molecule has 0 saturated carbocycles. The fourth-order valence-electron chi connectivity index (χ4n) is 1.77. The van der Waals surface area contributed by atoms with Crippen LogP contribution in [-0.2, 0) is 13.5 Å². The van der Waals surface area contributed by atoms with Crippen molar-refractivity contribution in [2.24, 2.45) is 7.05 Å². The molecule has 0 spiro atoms. The van der Waals surface area contributed by atoms with Gasteiger partial charge in [-0.2, -0.15) is 5.10 Å². The lowest BCUT2D eigenvalue weighted by Crippen LogP contribution is -2.01. The largest absolute Gasteiger partial charge is 0.294 e. The molecule has 2 aromatic rings. The van der Waals surface area contributed by atoms with Crippen LogP contribution in [0.5, 0.6) is 0 Å². The number of rotatable bonds is 4. The Morgan fingerprint density at radius 3 is 2.83 bits per heavy atom. The second-order valence-electron chi connectivity index (χ2n) is 4.41. The van der Waals surface area contributed by atoms with E-state index >= 15 is 0 Å². The maximum Gasteiger partial charge on any atom is 0.163 e. The number of ketones is 1. The second kappa shape index (κ2) is 5.48. The molecule has 0 unspecified atom stereocenters. The quantitative estimate of drug-likeness (QED) is 0.812. The van der Waals surface area contributed by atoms with E-state index < -0.39 is 0 Å². The van der Waals surface area contributed by atoms with E-state index in [1.54, 1.807) is 10.9 Å². The lowest BCUT2D eigenvalue weighted by molar-refractivity contribution is 0.0983. The van der Waals surface area contributed by atoms with E-state index in [4.69, 9.17) is 0 Å². The second-order valence-corrected chi connectivity index (χ2v) is 5.26. The van der Waals surface area contributed by atoms with Gasteiger partial charge in [-0.05, 0) is 30.5 Å². The highest BCUT2D eigenvalue weighted by atomic mass is 79.9. The molecule has 0 aliphatic rings. The summed E-state index contributed by atoms with van der Waals surface area (Å²) in [5, 5.41) is 4.09. The van der Waals surface area contributed by atoms with Crippen molar-refractivity contribution in [3.63, 3.8) is 0 Å². The van der Waals surface area contributed by atoms with E-state index in [0.717, 1.165) is 27.6 Å². The molecule has 3 nitrogen and oxygen atoms in total. The predicted molar refractivity (Wildman–Crippen MR) is 74.7 cm³/mol. The molecule has 1 aromatic heterocycles. The minimum absolute atomic E-state index is 0.166. The minimum Gasteiger partial charge on any atom is -0.294 e. The van der Waals surface area contributed by atoms with Gasteiger partial charge in [0.2, 0.25) is 0 Å². The van der Waals surface area contributed by atoms with Crippen LogP contribution >= 0.6 is 15.9 Å². The standard InChI is InChI=1S/C14H15BrN2O/c1-10-3-5-12(7-13(10)15)14(18)6-4-11-8-16-17(2)9-11/h3,5,7-9H,4,6H2,1-2H3. The third-order valence-corrected chi connectivity index (χ3v) is 3.75. The SMILES string of the molecule is Cc1ccc(C(=O)CCc2cnn(C)c2)cc1Br. The average molecular weight is 307 g/mol. The molecular weight excluding hydrogens is 292 g/mol. The first-order chi connectivity index (χ1) is 8.56. The molecule has 0 fully saturated rings. The Bertz CT molecular complexity index is 575. The average Bonchev–Trinajstić information content (AvgIpc) is 2.75. The zero-order valence-corrected chi connectivity index (χ0v) is 12.1. The first-order valence-electron chi connectivity index (χ1n) is 5.83. The Hall–Kier alpha value is -1.42. The number of carbonyl (C=O) groups is 1. The Kier molecular flexibility index (Phi) is 3.97. The van der Waals surface area contributed by atoms with Gasteiger partial charge >= 0.3 is 0 Å². The van der Waals surface area contributed by atoms with Crippen LogP contribution < -0.4 is 0 Å². The van der Waals surface area contributed by atoms with Gasteiger partial charge in [0, 0.05) is 29.7 Å². The van der Waals surface area contributed by atoms with Gasteiger partial charge in [-0.3, -0.25) is 9.48 Å². The van der Waals surface area contributed by atoms with Gasteiger partial charge in [-0.1, -0.05) is 28.1 Å². The molecule has 94 valence electrons. The zero-order chi connectivity index (χ0) is 13.1. The molecule has 2 rings (SSSR count). The van der Waals surface area contributed by atoms with Crippen LogP contribution in [0.15, 0.2) is 35.1 Å². The van der Waals surface area contributed by atoms with Crippen LogP contribution in [0.4, 0.5) is 0 Å². The van der Waals surface area contributed by atoms with Gasteiger partial charge in [0.15, 0.2) is 5.78 Å². The van der Waals surface area contributed by atoms with Gasteiger partial charge in [0.05, 0.1) is 6.20 Å². The number of aryl methyl sites for hydroxylation is 3. The van der Waals surface area contributed by atoms with Gasteiger partial charge in [0.1, 0.15) is 0 Å². The number of aromatic nitrogens is 2. The summed E-state index contributed by atoms with van der Waals surface area (Å²) in [5.74, 6) is 0.166. The Morgan fingerprint density at radius 1 is 1.44 bits per heavy atom. The van der Waals surface area contributed by atoms with Gasteiger partial charge in [-0.15, -0.1) is 0 Å². The summed E-state index contributed by atoms with van der Waals surface area (Å²) >= 11 is 3.45. The van der Waals surface area contributed by atoms with Crippen molar-refractivity contribution in [1.82, 2.24) is 9.78 Å². The van der Waals surface area contributed by atoms with Crippen LogP contribution in [0.25, 0.3) is 0 Å². The molecule has 0 amide bonds. The molecule has 0 radical (unpaired) electrons. The number of benzene rings is 1. The van der Waals surface area contributed by atoms with Crippen molar-refractivity contribution in [2.75, 3.05) is 0 Å². The van der Waals surface area contributed by atoms with Crippen molar-refractivity contribution >= 4 is 21.7 Å². The monoisotopic (exact) mass is 306 g/mol. The minimum atomic E-state index is 0.166. The smallest absolute Gasteiger partial charge is 0.163 e. The summed E-state index contributed by atoms with van der Waals surface area (Å²) in [6, 6.07) is 5.73. The Morgan fingerprint density at radius 2 is 2.22 bits per heavy atom. The molecule has 1 aromatic carbocycles. The first kappa shape index (κ1) is 13.0. The summed E-state index contributed by atoms with van der Waals surface area (Å²) in [6.07, 6.45) is 5.00. The number of nitrogens with zero attached hydrogens (tertiary/aromatic N) is 2. The Balaban J connectivity index is 2.01. The molecule has 18 heavy (non-hydrogen) atoms. The highest BCUT2D eigenvalue weighted by Gasteiger charge is 2.08. The van der Waals surface area contributed by atoms with E-state index in [-0.39, 0.29) is 5.78 Å². The molecule has 0 aliphatic heterocycles. The summed E-state index contributed by atoms with van der Waals surface area (Å²) < 4.78 is 2.73. The van der Waals surface area contributed by atoms with Gasteiger partial charge in [0.25, 0.3) is 0 Å². The van der Waals surface area contributed by atoms with Crippen molar-refractivity contribution in [1.29, 1.82) is 0 Å². The number of hydrogen-bond donors (Lipinski definition) is 0. The summed E-state index contributed by atoms with van der Waals surface area (Å²) in [6.45, 7) is 2.01. The number of halogens is 1. The van der Waals surface area contributed by atoms with Crippen molar-refractivity contribution in [3.8, 4) is 0 Å². The zero-order valence-electron chi connectivity index (χ0n) is 10.5. The topological polar surface area (TPSA) is 34.9 Å². The highest BCUT2D eigenvalue weighted by Crippen LogP contribution is 2.19.